The molecule has 1 aliphatic carbocycles. The summed E-state index contributed by atoms with van der Waals surface area (Å²) in [5.74, 6) is 0. The normalized spacial score (nSPS) is 16.2. The Morgan fingerprint density at radius 1 is 1.37 bits per heavy atom. The number of nitrogens with zero attached hydrogens (tertiary/aromatic N) is 2. The van der Waals surface area contributed by atoms with E-state index in [1.807, 2.05) is 0 Å². The molecular weight excluding hydrogens is 262 g/mol. The lowest BCUT2D eigenvalue weighted by atomic mass is 10.4. The van der Waals surface area contributed by atoms with Gasteiger partial charge < -0.3 is 5.32 Å². The first-order chi connectivity index (χ1) is 9.04. The molecule has 0 aromatic rings. The molecule has 1 N–H and O–H groups in total. The van der Waals surface area contributed by atoms with E-state index in [1.54, 1.807) is 17.4 Å². The predicted molar refractivity (Wildman–Crippen MR) is 79.3 cm³/mol. The van der Waals surface area contributed by atoms with E-state index < -0.39 is 10.2 Å². The molecule has 0 atom stereocenters. The second-order valence-corrected chi connectivity index (χ2v) is 7.01. The van der Waals surface area contributed by atoms with Gasteiger partial charge in [-0.15, -0.1) is 6.58 Å². The van der Waals surface area contributed by atoms with Crippen LogP contribution < -0.4 is 5.32 Å². The molecule has 0 aromatic heterocycles. The molecule has 0 bridgehead atoms. The minimum absolute atomic E-state index is 0.184. The van der Waals surface area contributed by atoms with Crippen LogP contribution in [0.15, 0.2) is 12.7 Å². The quantitative estimate of drug-likeness (QED) is 0.459. The molecule has 0 radical (unpaired) electrons. The maximum atomic E-state index is 12.4. The summed E-state index contributed by atoms with van der Waals surface area (Å²) < 4.78 is 27.8. The van der Waals surface area contributed by atoms with Crippen LogP contribution in [0.3, 0.4) is 0 Å². The summed E-state index contributed by atoms with van der Waals surface area (Å²) in [6, 6.07) is 0.184. The van der Waals surface area contributed by atoms with Crippen LogP contribution in [0.5, 0.6) is 0 Å². The molecule has 0 saturated heterocycles. The smallest absolute Gasteiger partial charge is 0.282 e. The molecule has 0 spiro atoms. The summed E-state index contributed by atoms with van der Waals surface area (Å²) in [4.78, 5) is 0. The Hall–Kier alpha value is -0.430. The Bertz CT molecular complexity index is 366. The van der Waals surface area contributed by atoms with Gasteiger partial charge in [-0.2, -0.15) is 17.0 Å². The molecule has 5 nitrogen and oxygen atoms in total. The number of rotatable bonds is 11. The van der Waals surface area contributed by atoms with Crippen LogP contribution in [0.2, 0.25) is 0 Å². The van der Waals surface area contributed by atoms with Crippen LogP contribution in [0.25, 0.3) is 0 Å². The summed E-state index contributed by atoms with van der Waals surface area (Å²) in [5, 5.41) is 3.28. The SMILES string of the molecule is C=CCN(C1CC1)S(=O)(=O)N(C)CCCNCCC. The number of hydrogen-bond donors (Lipinski definition) is 1. The van der Waals surface area contributed by atoms with Gasteiger partial charge in [0.1, 0.15) is 0 Å². The van der Waals surface area contributed by atoms with E-state index >= 15 is 0 Å². The lowest BCUT2D eigenvalue weighted by molar-refractivity contribution is 0.367. The molecule has 1 aliphatic rings. The van der Waals surface area contributed by atoms with Crippen molar-refractivity contribution in [2.24, 2.45) is 0 Å². The Kier molecular flexibility index (Phi) is 6.99. The van der Waals surface area contributed by atoms with Crippen molar-refractivity contribution in [3.63, 3.8) is 0 Å². The Balaban J connectivity index is 2.43. The molecule has 1 saturated carbocycles. The first-order valence-corrected chi connectivity index (χ1v) is 8.48. The largest absolute Gasteiger partial charge is 0.317 e. The molecule has 0 aliphatic heterocycles. The van der Waals surface area contributed by atoms with E-state index in [-0.39, 0.29) is 6.04 Å². The van der Waals surface area contributed by atoms with Gasteiger partial charge in [-0.3, -0.25) is 0 Å². The predicted octanol–water partition coefficient (Wildman–Crippen LogP) is 1.20. The third-order valence-corrected chi connectivity index (χ3v) is 5.22. The fourth-order valence-electron chi connectivity index (χ4n) is 1.94. The molecule has 19 heavy (non-hydrogen) atoms. The maximum absolute atomic E-state index is 12.4. The average molecular weight is 289 g/mol. The summed E-state index contributed by atoms with van der Waals surface area (Å²) in [7, 11) is -1.66. The summed E-state index contributed by atoms with van der Waals surface area (Å²) >= 11 is 0. The van der Waals surface area contributed by atoms with Crippen molar-refractivity contribution in [2.75, 3.05) is 33.2 Å². The van der Waals surface area contributed by atoms with E-state index in [9.17, 15) is 8.42 Å². The average Bonchev–Trinajstić information content (AvgIpc) is 3.19. The van der Waals surface area contributed by atoms with E-state index in [0.717, 1.165) is 38.8 Å². The highest BCUT2D eigenvalue weighted by Crippen LogP contribution is 2.29. The van der Waals surface area contributed by atoms with Crippen molar-refractivity contribution in [3.05, 3.63) is 12.7 Å². The Labute approximate surface area is 117 Å². The van der Waals surface area contributed by atoms with Crippen LogP contribution >= 0.6 is 0 Å². The second-order valence-electron chi connectivity index (χ2n) is 5.02. The van der Waals surface area contributed by atoms with E-state index in [4.69, 9.17) is 0 Å². The molecule has 0 amide bonds. The zero-order valence-electron chi connectivity index (χ0n) is 12.1. The topological polar surface area (TPSA) is 52.7 Å². The van der Waals surface area contributed by atoms with Gasteiger partial charge >= 0.3 is 0 Å². The highest BCUT2D eigenvalue weighted by molar-refractivity contribution is 7.86. The first-order valence-electron chi connectivity index (χ1n) is 7.08. The van der Waals surface area contributed by atoms with Gasteiger partial charge in [0.2, 0.25) is 0 Å². The van der Waals surface area contributed by atoms with Gasteiger partial charge in [0.15, 0.2) is 0 Å². The first kappa shape index (κ1) is 16.6. The van der Waals surface area contributed by atoms with Gasteiger partial charge in [-0.05, 0) is 38.8 Å². The standard InChI is InChI=1S/C13H27N3O2S/c1-4-9-14-10-6-12-15(3)19(17,18)16(11-5-2)13-7-8-13/h5,13-14H,2,4,6-12H2,1,3H3. The zero-order chi connectivity index (χ0) is 14.3. The van der Waals surface area contributed by atoms with Crippen molar-refractivity contribution >= 4 is 10.2 Å². The molecule has 1 rings (SSSR count). The minimum atomic E-state index is -3.33. The van der Waals surface area contributed by atoms with Crippen LogP contribution in [0.1, 0.15) is 32.6 Å². The molecular formula is C13H27N3O2S. The van der Waals surface area contributed by atoms with E-state index in [1.165, 1.54) is 4.31 Å². The van der Waals surface area contributed by atoms with Crippen molar-refractivity contribution in [3.8, 4) is 0 Å². The van der Waals surface area contributed by atoms with Crippen LogP contribution in [0.4, 0.5) is 0 Å². The monoisotopic (exact) mass is 289 g/mol. The lowest BCUT2D eigenvalue weighted by Crippen LogP contribution is -2.44. The number of nitrogens with one attached hydrogen (secondary N) is 1. The Morgan fingerprint density at radius 3 is 2.58 bits per heavy atom. The van der Waals surface area contributed by atoms with Crippen LogP contribution in [-0.2, 0) is 10.2 Å². The van der Waals surface area contributed by atoms with Crippen LogP contribution in [0, 0.1) is 0 Å². The molecule has 6 heteroatoms. The summed E-state index contributed by atoms with van der Waals surface area (Å²) in [5.41, 5.74) is 0. The van der Waals surface area contributed by atoms with Gasteiger partial charge in [0, 0.05) is 26.2 Å². The Morgan fingerprint density at radius 2 is 2.05 bits per heavy atom. The lowest BCUT2D eigenvalue weighted by Gasteiger charge is -2.26. The molecule has 112 valence electrons. The number of hydrogen-bond acceptors (Lipinski definition) is 3. The maximum Gasteiger partial charge on any atom is 0.282 e. The van der Waals surface area contributed by atoms with E-state index in [0.29, 0.717) is 13.1 Å². The second kappa shape index (κ2) is 7.99. The zero-order valence-corrected chi connectivity index (χ0v) is 13.0. The fraction of sp³-hybridized carbons (Fsp3) is 0.846. The van der Waals surface area contributed by atoms with Gasteiger partial charge in [-0.1, -0.05) is 13.0 Å². The van der Waals surface area contributed by atoms with Crippen molar-refractivity contribution < 1.29 is 8.42 Å². The van der Waals surface area contributed by atoms with E-state index in [2.05, 4.69) is 18.8 Å². The minimum Gasteiger partial charge on any atom is -0.317 e. The van der Waals surface area contributed by atoms with Crippen molar-refractivity contribution in [2.45, 2.75) is 38.6 Å². The highest BCUT2D eigenvalue weighted by atomic mass is 32.2. The molecule has 1 fully saturated rings. The molecule has 0 heterocycles. The third-order valence-electron chi connectivity index (χ3n) is 3.21. The van der Waals surface area contributed by atoms with Crippen molar-refractivity contribution in [1.82, 2.24) is 13.9 Å². The van der Waals surface area contributed by atoms with Crippen LogP contribution in [-0.4, -0.2) is 56.3 Å². The summed E-state index contributed by atoms with van der Waals surface area (Å²) in [6.45, 7) is 8.57. The third kappa shape index (κ3) is 5.22. The fourth-order valence-corrected chi connectivity index (χ4v) is 3.54. The summed E-state index contributed by atoms with van der Waals surface area (Å²) in [6.07, 6.45) is 5.54. The van der Waals surface area contributed by atoms with Gasteiger partial charge in [-0.25, -0.2) is 0 Å². The van der Waals surface area contributed by atoms with Gasteiger partial charge in [0.25, 0.3) is 10.2 Å². The van der Waals surface area contributed by atoms with Gasteiger partial charge in [0.05, 0.1) is 0 Å². The molecule has 0 unspecified atom stereocenters. The molecule has 0 aromatic carbocycles. The van der Waals surface area contributed by atoms with Crippen molar-refractivity contribution in [1.29, 1.82) is 0 Å². The highest BCUT2D eigenvalue weighted by Gasteiger charge is 2.38.